The Bertz CT molecular complexity index is 1880. The number of ether oxygens (including phenoxy) is 2. The fourth-order valence-electron chi connectivity index (χ4n) is 10.4. The molecular weight excluding hydrogens is 1120 g/mol. The molecule has 0 aromatic heterocycles. The molecule has 89 heavy (non-hydrogen) atoms. The summed E-state index contributed by atoms with van der Waals surface area (Å²) in [7, 11) is -4.40. The number of phosphoric acid groups is 1. The van der Waals surface area contributed by atoms with Gasteiger partial charge in [-0.1, -0.05) is 334 Å². The van der Waals surface area contributed by atoms with E-state index in [1.54, 1.807) is 0 Å². The van der Waals surface area contributed by atoms with Gasteiger partial charge in [-0.3, -0.25) is 18.6 Å². The highest BCUT2D eigenvalue weighted by Crippen LogP contribution is 2.43. The number of carbonyl (C=O) groups is 2. The van der Waals surface area contributed by atoms with Gasteiger partial charge in [-0.05, 0) is 109 Å². The topological polar surface area (TPSA) is 134 Å². The van der Waals surface area contributed by atoms with Crippen LogP contribution in [0.2, 0.25) is 0 Å². The molecule has 9 nitrogen and oxygen atoms in total. The molecule has 10 heteroatoms. The van der Waals surface area contributed by atoms with Crippen molar-refractivity contribution in [1.82, 2.24) is 0 Å². The number of hydrogen-bond donors (Lipinski definition) is 2. The standard InChI is InChI=1S/C79H138NO8P/c1-3-5-7-9-11-13-15-17-19-21-23-25-27-29-31-33-35-37-38-40-42-44-46-48-50-52-54-56-58-60-62-64-66-68-70-72-79(82)88-77(76-87-89(83,84)86-74-73-80)75-85-78(81)71-69-67-65-63-61-59-57-55-53-51-49-47-45-43-41-39-36-34-32-30-28-26-24-22-20-18-16-14-12-10-8-6-4-2/h5,7,11,13,16-19,22-25,29,31,35,37,40,42,46,48,77H,3-4,6,8-10,12,14-15,20-21,26-28,30,32-34,36,38-39,41,43-45,47,49-76,80H2,1-2H3,(H,83,84)/b7-5-,13-11-,18-16-,19-17-,24-22-,25-23-,31-29-,37-35-,42-40-,48-46-. The third-order valence-corrected chi connectivity index (χ3v) is 16.8. The molecule has 0 aliphatic heterocycles. The molecule has 0 saturated carbocycles. The van der Waals surface area contributed by atoms with Gasteiger partial charge in [-0.25, -0.2) is 4.57 Å². The fraction of sp³-hybridized carbons (Fsp3) is 0.722. The van der Waals surface area contributed by atoms with Crippen molar-refractivity contribution < 1.29 is 37.6 Å². The summed E-state index contributed by atoms with van der Waals surface area (Å²) in [5, 5.41) is 0. The van der Waals surface area contributed by atoms with Gasteiger partial charge in [0.05, 0.1) is 13.2 Å². The van der Waals surface area contributed by atoms with Crippen LogP contribution in [0.3, 0.4) is 0 Å². The zero-order valence-corrected chi connectivity index (χ0v) is 58.5. The summed E-state index contributed by atoms with van der Waals surface area (Å²) >= 11 is 0. The van der Waals surface area contributed by atoms with E-state index >= 15 is 0 Å². The Morgan fingerprint density at radius 2 is 0.618 bits per heavy atom. The monoisotopic (exact) mass is 1260 g/mol. The Hall–Kier alpha value is -3.59. The number of allylic oxidation sites excluding steroid dienone is 20. The van der Waals surface area contributed by atoms with Crippen molar-refractivity contribution in [1.29, 1.82) is 0 Å². The van der Waals surface area contributed by atoms with E-state index in [1.165, 1.54) is 199 Å². The van der Waals surface area contributed by atoms with Crippen molar-refractivity contribution in [2.45, 2.75) is 341 Å². The smallest absolute Gasteiger partial charge is 0.462 e. The number of nitrogens with two attached hydrogens (primary N) is 1. The summed E-state index contributed by atoms with van der Waals surface area (Å²) in [4.78, 5) is 35.4. The lowest BCUT2D eigenvalue weighted by Crippen LogP contribution is -2.29. The lowest BCUT2D eigenvalue weighted by atomic mass is 10.0. The van der Waals surface area contributed by atoms with E-state index in [2.05, 4.69) is 135 Å². The van der Waals surface area contributed by atoms with Crippen LogP contribution in [0.25, 0.3) is 0 Å². The van der Waals surface area contributed by atoms with E-state index < -0.39 is 26.5 Å². The van der Waals surface area contributed by atoms with E-state index in [0.29, 0.717) is 6.42 Å². The van der Waals surface area contributed by atoms with Gasteiger partial charge in [-0.15, -0.1) is 0 Å². The van der Waals surface area contributed by atoms with Crippen molar-refractivity contribution in [2.24, 2.45) is 5.73 Å². The van der Waals surface area contributed by atoms with Crippen LogP contribution < -0.4 is 5.73 Å². The van der Waals surface area contributed by atoms with Crippen molar-refractivity contribution in [3.63, 3.8) is 0 Å². The number of hydrogen-bond acceptors (Lipinski definition) is 8. The lowest BCUT2D eigenvalue weighted by molar-refractivity contribution is -0.161. The molecule has 0 bridgehead atoms. The first-order chi connectivity index (χ1) is 43.8. The summed E-state index contributed by atoms with van der Waals surface area (Å²) < 4.78 is 33.2. The molecule has 512 valence electrons. The van der Waals surface area contributed by atoms with Gasteiger partial charge in [0.25, 0.3) is 0 Å². The third-order valence-electron chi connectivity index (χ3n) is 15.8. The zero-order valence-electron chi connectivity index (χ0n) is 57.6. The Labute approximate surface area is 549 Å². The third kappa shape index (κ3) is 73.3. The molecule has 3 N–H and O–H groups in total. The molecule has 0 rings (SSSR count). The lowest BCUT2D eigenvalue weighted by Gasteiger charge is -2.19. The Morgan fingerprint density at radius 1 is 0.348 bits per heavy atom. The molecular formula is C79H138NO8P. The molecule has 0 spiro atoms. The zero-order chi connectivity index (χ0) is 64.4. The number of rotatable bonds is 69. The molecule has 0 aliphatic carbocycles. The molecule has 0 fully saturated rings. The Kier molecular flexibility index (Phi) is 70.5. The van der Waals surface area contributed by atoms with E-state index in [4.69, 9.17) is 24.3 Å². The summed E-state index contributed by atoms with van der Waals surface area (Å²) in [6, 6.07) is 0. The van der Waals surface area contributed by atoms with Crippen LogP contribution in [0.1, 0.15) is 335 Å². The van der Waals surface area contributed by atoms with Crippen LogP contribution in [0.15, 0.2) is 122 Å². The SMILES string of the molecule is CC/C=C\C/C=C\C/C=C\C/C=C\C/C=C\C/C=C\C/C=C\C/C=C\CCCCCCCCCCCCC(=O)OC(COC(=O)CCCCCCCCCCCCCCCCCCCCCCC/C=C\C/C=C\CCCCCCC)COP(=O)(O)OCCN. The van der Waals surface area contributed by atoms with Crippen LogP contribution in [-0.2, 0) is 32.7 Å². The van der Waals surface area contributed by atoms with Crippen LogP contribution >= 0.6 is 7.82 Å². The van der Waals surface area contributed by atoms with E-state index in [1.807, 2.05) is 0 Å². The number of unbranched alkanes of at least 4 members (excludes halogenated alkanes) is 36. The normalized spacial score (nSPS) is 13.6. The minimum Gasteiger partial charge on any atom is -0.462 e. The minimum atomic E-state index is -4.40. The molecule has 0 saturated heterocycles. The Morgan fingerprint density at radius 3 is 0.921 bits per heavy atom. The maximum atomic E-state index is 12.8. The van der Waals surface area contributed by atoms with Gasteiger partial charge in [0, 0.05) is 19.4 Å². The summed E-state index contributed by atoms with van der Waals surface area (Å²) in [5.41, 5.74) is 5.41. The number of phosphoric ester groups is 1. The first-order valence-electron chi connectivity index (χ1n) is 37.0. The fourth-order valence-corrected chi connectivity index (χ4v) is 11.2. The van der Waals surface area contributed by atoms with Crippen molar-refractivity contribution in [3.05, 3.63) is 122 Å². The first kappa shape index (κ1) is 85.4. The van der Waals surface area contributed by atoms with Gasteiger partial charge >= 0.3 is 19.8 Å². The number of carbonyl (C=O) groups excluding carboxylic acids is 2. The average molecular weight is 1260 g/mol. The highest BCUT2D eigenvalue weighted by atomic mass is 31.2. The maximum absolute atomic E-state index is 12.8. The summed E-state index contributed by atoms with van der Waals surface area (Å²) in [5.74, 6) is -0.826. The van der Waals surface area contributed by atoms with Crippen molar-refractivity contribution in [3.8, 4) is 0 Å². The second-order valence-corrected chi connectivity index (χ2v) is 25.9. The second kappa shape index (κ2) is 73.5. The van der Waals surface area contributed by atoms with Gasteiger partial charge in [0.15, 0.2) is 6.10 Å². The average Bonchev–Trinajstić information content (AvgIpc) is 3.66. The van der Waals surface area contributed by atoms with Crippen molar-refractivity contribution >= 4 is 19.8 Å². The van der Waals surface area contributed by atoms with Gasteiger partial charge in [-0.2, -0.15) is 0 Å². The van der Waals surface area contributed by atoms with Crippen LogP contribution in [-0.4, -0.2) is 49.3 Å². The van der Waals surface area contributed by atoms with Crippen molar-refractivity contribution in [2.75, 3.05) is 26.4 Å². The van der Waals surface area contributed by atoms with Gasteiger partial charge in [0.2, 0.25) is 0 Å². The number of esters is 2. The van der Waals surface area contributed by atoms with Crippen LogP contribution in [0.5, 0.6) is 0 Å². The molecule has 0 aromatic rings. The predicted octanol–water partition coefficient (Wildman–Crippen LogP) is 24.6. The van der Waals surface area contributed by atoms with Gasteiger partial charge in [0.1, 0.15) is 6.61 Å². The highest BCUT2D eigenvalue weighted by Gasteiger charge is 2.26. The molecule has 0 radical (unpaired) electrons. The Balaban J connectivity index is 3.88. The molecule has 0 amide bonds. The molecule has 0 aromatic carbocycles. The van der Waals surface area contributed by atoms with Gasteiger partial charge < -0.3 is 20.1 Å². The van der Waals surface area contributed by atoms with E-state index in [-0.39, 0.29) is 38.6 Å². The first-order valence-corrected chi connectivity index (χ1v) is 38.5. The molecule has 0 heterocycles. The summed E-state index contributed by atoms with van der Waals surface area (Å²) in [6.45, 7) is 3.65. The van der Waals surface area contributed by atoms with Crippen LogP contribution in [0, 0.1) is 0 Å². The minimum absolute atomic E-state index is 0.0490. The quantitative estimate of drug-likeness (QED) is 0.0264. The molecule has 0 aliphatic rings. The second-order valence-electron chi connectivity index (χ2n) is 24.4. The van der Waals surface area contributed by atoms with Crippen LogP contribution in [0.4, 0.5) is 0 Å². The predicted molar refractivity (Wildman–Crippen MR) is 385 cm³/mol. The van der Waals surface area contributed by atoms with E-state index in [0.717, 1.165) is 103 Å². The molecule has 2 atom stereocenters. The largest absolute Gasteiger partial charge is 0.472 e. The summed E-state index contributed by atoms with van der Waals surface area (Å²) in [6.07, 6.45) is 103. The van der Waals surface area contributed by atoms with E-state index in [9.17, 15) is 19.0 Å². The maximum Gasteiger partial charge on any atom is 0.472 e. The highest BCUT2D eigenvalue weighted by molar-refractivity contribution is 7.47. The molecule has 2 unspecified atom stereocenters.